The number of urea groups is 1. The van der Waals surface area contributed by atoms with Gasteiger partial charge < -0.3 is 14.8 Å². The number of fused-ring (bicyclic) bond motifs is 1. The number of likely N-dealkylation sites (tertiary alicyclic amines) is 1. The van der Waals surface area contributed by atoms with Crippen LogP contribution in [0.5, 0.6) is 0 Å². The van der Waals surface area contributed by atoms with Crippen LogP contribution < -0.4 is 5.56 Å². The van der Waals surface area contributed by atoms with Crippen LogP contribution in [0.3, 0.4) is 0 Å². The molecule has 1 aliphatic heterocycles. The summed E-state index contributed by atoms with van der Waals surface area (Å²) in [7, 11) is 3.67. The van der Waals surface area contributed by atoms with Crippen LogP contribution in [0.4, 0.5) is 4.79 Å². The van der Waals surface area contributed by atoms with Gasteiger partial charge in [-0.1, -0.05) is 12.8 Å². The van der Waals surface area contributed by atoms with Crippen molar-refractivity contribution in [2.45, 2.75) is 37.6 Å². The Morgan fingerprint density at radius 1 is 1.33 bits per heavy atom. The van der Waals surface area contributed by atoms with Gasteiger partial charge >= 0.3 is 6.03 Å². The summed E-state index contributed by atoms with van der Waals surface area (Å²) in [4.78, 5) is 35.7. The molecule has 0 bridgehead atoms. The van der Waals surface area contributed by atoms with E-state index in [2.05, 4.69) is 15.1 Å². The van der Waals surface area contributed by atoms with E-state index >= 15 is 0 Å². The monoisotopic (exact) mass is 330 g/mol. The van der Waals surface area contributed by atoms with Crippen molar-refractivity contribution < 1.29 is 4.79 Å². The normalized spacial score (nSPS) is 19.0. The van der Waals surface area contributed by atoms with Crippen molar-refractivity contribution in [2.24, 2.45) is 7.05 Å². The third-order valence-corrected chi connectivity index (χ3v) is 5.33. The van der Waals surface area contributed by atoms with Crippen LogP contribution in [0.1, 0.15) is 37.4 Å². The number of nitrogens with zero attached hydrogens (tertiary/aromatic N) is 5. The van der Waals surface area contributed by atoms with Crippen molar-refractivity contribution in [1.29, 1.82) is 0 Å². The zero-order valence-electron chi connectivity index (χ0n) is 14.0. The van der Waals surface area contributed by atoms with Crippen LogP contribution in [0, 0.1) is 0 Å². The highest BCUT2D eigenvalue weighted by Gasteiger charge is 2.37. The third-order valence-electron chi connectivity index (χ3n) is 5.33. The smallest absolute Gasteiger partial charge is 0.320 e. The maximum atomic E-state index is 12.5. The fourth-order valence-electron chi connectivity index (χ4n) is 3.72. The predicted octanol–water partition coefficient (Wildman–Crippen LogP) is 1.05. The number of H-pyrrole nitrogens is 1. The lowest BCUT2D eigenvalue weighted by atomic mass is 9.99. The van der Waals surface area contributed by atoms with Crippen molar-refractivity contribution in [2.75, 3.05) is 20.1 Å². The fourth-order valence-corrected chi connectivity index (χ4v) is 3.72. The molecule has 0 atom stereocenters. The molecule has 2 fully saturated rings. The Morgan fingerprint density at radius 3 is 2.75 bits per heavy atom. The average Bonchev–Trinajstić information content (AvgIpc) is 3.16. The molecule has 4 rings (SSSR count). The lowest BCUT2D eigenvalue weighted by Gasteiger charge is -2.41. The van der Waals surface area contributed by atoms with Gasteiger partial charge in [0.1, 0.15) is 11.2 Å². The number of aryl methyl sites for hydroxylation is 1. The van der Waals surface area contributed by atoms with Crippen LogP contribution >= 0.6 is 0 Å². The molecule has 1 saturated carbocycles. The van der Waals surface area contributed by atoms with E-state index in [4.69, 9.17) is 0 Å². The largest absolute Gasteiger partial charge is 0.325 e. The molecule has 1 aliphatic carbocycles. The lowest BCUT2D eigenvalue weighted by molar-refractivity contribution is 0.108. The Hall–Kier alpha value is -2.38. The minimum atomic E-state index is -0.170. The molecule has 8 nitrogen and oxygen atoms in total. The van der Waals surface area contributed by atoms with Crippen LogP contribution in [-0.4, -0.2) is 61.8 Å². The maximum Gasteiger partial charge on any atom is 0.320 e. The number of hydrogen-bond acceptors (Lipinski definition) is 4. The van der Waals surface area contributed by atoms with Crippen molar-refractivity contribution in [3.8, 4) is 0 Å². The number of aromatic amines is 1. The van der Waals surface area contributed by atoms with Gasteiger partial charge in [-0.25, -0.2) is 9.78 Å². The molecule has 2 aromatic rings. The zero-order valence-corrected chi connectivity index (χ0v) is 14.0. The van der Waals surface area contributed by atoms with Gasteiger partial charge in [-0.2, -0.15) is 5.10 Å². The van der Waals surface area contributed by atoms with Crippen molar-refractivity contribution in [3.05, 3.63) is 22.4 Å². The van der Waals surface area contributed by atoms with Gasteiger partial charge in [0.05, 0.1) is 12.1 Å². The van der Waals surface area contributed by atoms with Gasteiger partial charge in [0.25, 0.3) is 5.56 Å². The first kappa shape index (κ1) is 15.2. The molecule has 24 heavy (non-hydrogen) atoms. The molecule has 8 heteroatoms. The first-order chi connectivity index (χ1) is 11.5. The van der Waals surface area contributed by atoms with Crippen LogP contribution in [-0.2, 0) is 7.05 Å². The van der Waals surface area contributed by atoms with Gasteiger partial charge in [0, 0.05) is 33.2 Å². The quantitative estimate of drug-likeness (QED) is 0.891. The summed E-state index contributed by atoms with van der Waals surface area (Å²) in [6.07, 6.45) is 6.15. The Labute approximate surface area is 139 Å². The summed E-state index contributed by atoms with van der Waals surface area (Å²) in [5.74, 6) is 0.724. The first-order valence-electron chi connectivity index (χ1n) is 8.48. The van der Waals surface area contributed by atoms with Gasteiger partial charge in [-0.3, -0.25) is 9.48 Å². The van der Waals surface area contributed by atoms with E-state index in [0.29, 0.717) is 36.0 Å². The summed E-state index contributed by atoms with van der Waals surface area (Å²) in [6, 6.07) is 0.461. The molecule has 2 aromatic heterocycles. The fraction of sp³-hybridized carbons (Fsp3) is 0.625. The van der Waals surface area contributed by atoms with Crippen LogP contribution in [0.15, 0.2) is 11.0 Å². The van der Waals surface area contributed by atoms with E-state index in [1.807, 2.05) is 16.8 Å². The summed E-state index contributed by atoms with van der Waals surface area (Å²) < 4.78 is 1.60. The highest BCUT2D eigenvalue weighted by molar-refractivity contribution is 5.76. The molecule has 0 unspecified atom stereocenters. The van der Waals surface area contributed by atoms with Gasteiger partial charge in [0.15, 0.2) is 5.65 Å². The number of carbonyl (C=O) groups is 1. The first-order valence-corrected chi connectivity index (χ1v) is 8.48. The van der Waals surface area contributed by atoms with Crippen LogP contribution in [0.2, 0.25) is 0 Å². The number of carbonyl (C=O) groups excluding carboxylic acids is 1. The molecule has 0 aromatic carbocycles. The molecular weight excluding hydrogens is 308 g/mol. The Morgan fingerprint density at radius 2 is 2.04 bits per heavy atom. The zero-order chi connectivity index (χ0) is 16.8. The topological polar surface area (TPSA) is 87.1 Å². The summed E-state index contributed by atoms with van der Waals surface area (Å²) in [5, 5.41) is 4.57. The van der Waals surface area contributed by atoms with Gasteiger partial charge in [-0.15, -0.1) is 0 Å². The van der Waals surface area contributed by atoms with Crippen molar-refractivity contribution in [3.63, 3.8) is 0 Å². The SMILES string of the molecule is CN(C(=O)N1CC(c2nc3c(cnn3C)c(=O)[nH]2)C1)C1CCCC1. The van der Waals surface area contributed by atoms with Crippen molar-refractivity contribution in [1.82, 2.24) is 29.5 Å². The average molecular weight is 330 g/mol. The number of amides is 2. The number of nitrogens with one attached hydrogen (secondary N) is 1. The van der Waals surface area contributed by atoms with E-state index in [1.54, 1.807) is 11.7 Å². The second-order valence-corrected chi connectivity index (χ2v) is 6.89. The molecule has 128 valence electrons. The predicted molar refractivity (Wildman–Crippen MR) is 88.9 cm³/mol. The second kappa shape index (κ2) is 5.61. The van der Waals surface area contributed by atoms with E-state index in [0.717, 1.165) is 12.8 Å². The number of rotatable bonds is 2. The van der Waals surface area contributed by atoms with Gasteiger partial charge in [0.2, 0.25) is 0 Å². The molecule has 0 spiro atoms. The Balaban J connectivity index is 1.46. The molecular formula is C16H22N6O2. The summed E-state index contributed by atoms with van der Waals surface area (Å²) in [6.45, 7) is 1.20. The molecule has 1 N–H and O–H groups in total. The Bertz CT molecular complexity index is 829. The highest BCUT2D eigenvalue weighted by atomic mass is 16.2. The highest BCUT2D eigenvalue weighted by Crippen LogP contribution is 2.28. The Kier molecular flexibility index (Phi) is 3.54. The van der Waals surface area contributed by atoms with Crippen LogP contribution in [0.25, 0.3) is 11.0 Å². The van der Waals surface area contributed by atoms with E-state index < -0.39 is 0 Å². The molecule has 0 radical (unpaired) electrons. The molecule has 3 heterocycles. The lowest BCUT2D eigenvalue weighted by Crippen LogP contribution is -2.55. The molecule has 2 amide bonds. The standard InChI is InChI=1S/C16H22N6O2/c1-20(11-5-3-4-6-11)16(24)22-8-10(9-22)13-18-14-12(15(23)19-13)7-17-21(14)2/h7,10-11H,3-6,8-9H2,1-2H3,(H,18,19,23). The summed E-state index contributed by atoms with van der Waals surface area (Å²) >= 11 is 0. The maximum absolute atomic E-state index is 12.5. The minimum absolute atomic E-state index is 0.0814. The van der Waals surface area contributed by atoms with E-state index in [1.165, 1.54) is 19.0 Å². The minimum Gasteiger partial charge on any atom is -0.325 e. The third kappa shape index (κ3) is 2.37. The number of hydrogen-bond donors (Lipinski definition) is 1. The van der Waals surface area contributed by atoms with Crippen molar-refractivity contribution >= 4 is 17.1 Å². The van der Waals surface area contributed by atoms with Gasteiger partial charge in [-0.05, 0) is 12.8 Å². The molecule has 1 saturated heterocycles. The number of aromatic nitrogens is 4. The molecule has 2 aliphatic rings. The van der Waals surface area contributed by atoms with E-state index in [-0.39, 0.29) is 17.5 Å². The van der Waals surface area contributed by atoms with E-state index in [9.17, 15) is 9.59 Å². The summed E-state index contributed by atoms with van der Waals surface area (Å²) in [5.41, 5.74) is 0.414. The second-order valence-electron chi connectivity index (χ2n) is 6.89.